The van der Waals surface area contributed by atoms with Gasteiger partial charge in [-0.2, -0.15) is 0 Å². The van der Waals surface area contributed by atoms with E-state index in [1.165, 1.54) is 0 Å². The highest BCUT2D eigenvalue weighted by Gasteiger charge is 2.42. The van der Waals surface area contributed by atoms with Gasteiger partial charge in [-0.1, -0.05) is 37.3 Å². The third-order valence-electron chi connectivity index (χ3n) is 7.34. The molecular formula is C29H32N2O4S. The summed E-state index contributed by atoms with van der Waals surface area (Å²) >= 11 is 0. The van der Waals surface area contributed by atoms with Crippen molar-refractivity contribution in [2.75, 3.05) is 16.6 Å². The third-order valence-corrected chi connectivity index (χ3v) is 8.72. The molecule has 188 valence electrons. The Kier molecular flexibility index (Phi) is 6.62. The number of anilines is 2. The van der Waals surface area contributed by atoms with Gasteiger partial charge < -0.3 is 10.1 Å². The number of rotatable bonds is 7. The zero-order chi connectivity index (χ0) is 25.4. The largest absolute Gasteiger partial charge is 0.378 e. The van der Waals surface area contributed by atoms with Gasteiger partial charge in [-0.25, -0.2) is 8.42 Å². The van der Waals surface area contributed by atoms with Gasteiger partial charge in [-0.15, -0.1) is 0 Å². The van der Waals surface area contributed by atoms with E-state index in [4.69, 9.17) is 4.74 Å². The first-order chi connectivity index (χ1) is 17.3. The van der Waals surface area contributed by atoms with Crippen LogP contribution in [0.3, 0.4) is 0 Å². The number of nitrogens with one attached hydrogen (secondary N) is 2. The predicted octanol–water partition coefficient (Wildman–Crippen LogP) is 6.33. The number of fused-ring (bicyclic) bond motifs is 3. The molecule has 2 N–H and O–H groups in total. The van der Waals surface area contributed by atoms with Crippen molar-refractivity contribution in [3.63, 3.8) is 0 Å². The van der Waals surface area contributed by atoms with E-state index in [0.717, 1.165) is 46.3 Å². The predicted molar refractivity (Wildman–Crippen MR) is 142 cm³/mol. The van der Waals surface area contributed by atoms with Crippen molar-refractivity contribution in [1.82, 2.24) is 0 Å². The van der Waals surface area contributed by atoms with E-state index >= 15 is 0 Å². The van der Waals surface area contributed by atoms with Gasteiger partial charge >= 0.3 is 0 Å². The van der Waals surface area contributed by atoms with E-state index in [9.17, 15) is 13.2 Å². The Labute approximate surface area is 213 Å². The molecule has 0 spiro atoms. The van der Waals surface area contributed by atoms with Crippen LogP contribution >= 0.6 is 0 Å². The molecule has 0 amide bonds. The van der Waals surface area contributed by atoms with Crippen LogP contribution in [0, 0.1) is 19.8 Å². The van der Waals surface area contributed by atoms with Gasteiger partial charge in [0.15, 0.2) is 5.78 Å². The molecular weight excluding hydrogens is 472 g/mol. The lowest BCUT2D eigenvalue weighted by atomic mass is 9.81. The average Bonchev–Trinajstić information content (AvgIpc) is 3.36. The molecule has 0 radical (unpaired) electrons. The first-order valence-corrected chi connectivity index (χ1v) is 14.0. The van der Waals surface area contributed by atoms with Gasteiger partial charge in [0.05, 0.1) is 17.0 Å². The number of ether oxygens (including phenoxy) is 1. The van der Waals surface area contributed by atoms with Gasteiger partial charge in [0.25, 0.3) is 10.0 Å². The molecule has 6 nitrogen and oxygen atoms in total. The van der Waals surface area contributed by atoms with Crippen molar-refractivity contribution in [3.05, 3.63) is 88.5 Å². The maximum absolute atomic E-state index is 13.2. The number of carbonyl (C=O) groups is 1. The molecule has 1 fully saturated rings. The summed E-state index contributed by atoms with van der Waals surface area (Å²) in [4.78, 5) is 12.5. The maximum atomic E-state index is 13.2. The van der Waals surface area contributed by atoms with Crippen LogP contribution in [0.2, 0.25) is 0 Å². The van der Waals surface area contributed by atoms with E-state index in [2.05, 4.69) is 10.0 Å². The van der Waals surface area contributed by atoms with Gasteiger partial charge in [-0.05, 0) is 73.7 Å². The number of Topliss-reactive ketones (excluding diaryl/α,β-unsaturated/α-hetero) is 1. The van der Waals surface area contributed by atoms with Crippen molar-refractivity contribution in [1.29, 1.82) is 0 Å². The van der Waals surface area contributed by atoms with E-state index in [1.807, 2.05) is 63.2 Å². The smallest absolute Gasteiger partial charge is 0.261 e. The molecule has 2 aliphatic heterocycles. The highest BCUT2D eigenvalue weighted by atomic mass is 32.2. The minimum absolute atomic E-state index is 0.0245. The Bertz CT molecular complexity index is 1400. The second-order valence-electron chi connectivity index (χ2n) is 9.81. The maximum Gasteiger partial charge on any atom is 0.261 e. The Morgan fingerprint density at radius 2 is 1.81 bits per heavy atom. The number of aryl methyl sites for hydroxylation is 2. The fraction of sp³-hybridized carbons (Fsp3) is 0.345. The number of hydrogen-bond donors (Lipinski definition) is 2. The van der Waals surface area contributed by atoms with Crippen LogP contribution in [-0.4, -0.2) is 20.8 Å². The first-order valence-electron chi connectivity index (χ1n) is 12.5. The SMILES string of the molecule is CCCC(=O)c1ccc(C2Nc3ccc(S(=O)(=O)Nc4ccc(C)c(C)c4)cc3C3OCCC23)cc1. The number of benzene rings is 3. The van der Waals surface area contributed by atoms with Gasteiger partial charge in [0.2, 0.25) is 0 Å². The van der Waals surface area contributed by atoms with Crippen LogP contribution < -0.4 is 10.0 Å². The van der Waals surface area contributed by atoms with Crippen LogP contribution in [0.25, 0.3) is 0 Å². The van der Waals surface area contributed by atoms with Crippen molar-refractivity contribution < 1.29 is 17.9 Å². The summed E-state index contributed by atoms with van der Waals surface area (Å²) in [6.07, 6.45) is 2.07. The normalized spacial score (nSPS) is 20.8. The lowest BCUT2D eigenvalue weighted by molar-refractivity contribution is 0.0827. The number of carbonyl (C=O) groups excluding carboxylic acids is 1. The molecule has 3 aromatic carbocycles. The molecule has 3 aromatic rings. The van der Waals surface area contributed by atoms with Crippen molar-refractivity contribution in [3.8, 4) is 0 Å². The van der Waals surface area contributed by atoms with E-state index in [-0.39, 0.29) is 28.7 Å². The molecule has 0 bridgehead atoms. The average molecular weight is 505 g/mol. The minimum Gasteiger partial charge on any atom is -0.378 e. The van der Waals surface area contributed by atoms with Gasteiger partial charge in [-0.3, -0.25) is 9.52 Å². The van der Waals surface area contributed by atoms with Crippen LogP contribution in [0.1, 0.15) is 70.9 Å². The highest BCUT2D eigenvalue weighted by Crippen LogP contribution is 2.50. The molecule has 2 heterocycles. The van der Waals surface area contributed by atoms with Crippen LogP contribution in [0.5, 0.6) is 0 Å². The second kappa shape index (κ2) is 9.71. The van der Waals surface area contributed by atoms with E-state index < -0.39 is 10.0 Å². The quantitative estimate of drug-likeness (QED) is 0.367. The monoisotopic (exact) mass is 504 g/mol. The number of sulfonamides is 1. The number of hydrogen-bond acceptors (Lipinski definition) is 5. The summed E-state index contributed by atoms with van der Waals surface area (Å²) in [7, 11) is -3.75. The van der Waals surface area contributed by atoms with Crippen molar-refractivity contribution >= 4 is 27.2 Å². The van der Waals surface area contributed by atoms with E-state index in [1.54, 1.807) is 18.2 Å². The standard InChI is InChI=1S/C29H32N2O4S/c1-4-5-27(32)20-7-9-21(10-8-20)28-24-14-15-35-29(24)25-17-23(12-13-26(25)30-28)36(33,34)31-22-11-6-18(2)19(3)16-22/h6-13,16-17,24,28-31H,4-5,14-15H2,1-3H3. The Morgan fingerprint density at radius 3 is 2.53 bits per heavy atom. The zero-order valence-corrected chi connectivity index (χ0v) is 21.7. The molecule has 7 heteroatoms. The fourth-order valence-electron chi connectivity index (χ4n) is 5.21. The van der Waals surface area contributed by atoms with Crippen LogP contribution in [-0.2, 0) is 14.8 Å². The lowest BCUT2D eigenvalue weighted by Crippen LogP contribution is -2.29. The van der Waals surface area contributed by atoms with Gasteiger partial charge in [0.1, 0.15) is 0 Å². The van der Waals surface area contributed by atoms with E-state index in [0.29, 0.717) is 18.7 Å². The molecule has 0 aromatic heterocycles. The third kappa shape index (κ3) is 4.65. The molecule has 3 atom stereocenters. The molecule has 5 rings (SSSR count). The molecule has 1 saturated heterocycles. The molecule has 36 heavy (non-hydrogen) atoms. The summed E-state index contributed by atoms with van der Waals surface area (Å²) in [6, 6.07) is 18.6. The van der Waals surface area contributed by atoms with Crippen molar-refractivity contribution in [2.24, 2.45) is 5.92 Å². The second-order valence-corrected chi connectivity index (χ2v) is 11.5. The summed E-state index contributed by atoms with van der Waals surface area (Å²) in [6.45, 7) is 6.59. The molecule has 3 unspecified atom stereocenters. The zero-order valence-electron chi connectivity index (χ0n) is 20.9. The van der Waals surface area contributed by atoms with Crippen LogP contribution in [0.15, 0.2) is 65.6 Å². The topological polar surface area (TPSA) is 84.5 Å². The highest BCUT2D eigenvalue weighted by molar-refractivity contribution is 7.92. The molecule has 0 saturated carbocycles. The Balaban J connectivity index is 1.42. The summed E-state index contributed by atoms with van der Waals surface area (Å²) < 4.78 is 35.2. The Hall–Kier alpha value is -3.16. The molecule has 0 aliphatic carbocycles. The van der Waals surface area contributed by atoms with Crippen molar-refractivity contribution in [2.45, 2.75) is 57.1 Å². The summed E-state index contributed by atoms with van der Waals surface area (Å²) in [5.74, 6) is 0.330. The summed E-state index contributed by atoms with van der Waals surface area (Å²) in [5, 5.41) is 3.62. The fourth-order valence-corrected chi connectivity index (χ4v) is 6.30. The number of ketones is 1. The molecule has 2 aliphatic rings. The first kappa shape index (κ1) is 24.5. The van der Waals surface area contributed by atoms with Gasteiger partial charge in [0, 0.05) is 41.4 Å². The lowest BCUT2D eigenvalue weighted by Gasteiger charge is -2.36. The van der Waals surface area contributed by atoms with Crippen LogP contribution in [0.4, 0.5) is 11.4 Å². The summed E-state index contributed by atoms with van der Waals surface area (Å²) in [5.41, 5.74) is 6.26. The Morgan fingerprint density at radius 1 is 1.03 bits per heavy atom. The minimum atomic E-state index is -3.75.